The highest BCUT2D eigenvalue weighted by molar-refractivity contribution is 5.67. The van der Waals surface area contributed by atoms with Crippen LogP contribution >= 0.6 is 0 Å². The molecule has 0 radical (unpaired) electrons. The molecule has 9 heteroatoms. The van der Waals surface area contributed by atoms with Gasteiger partial charge in [-0.05, 0) is 27.2 Å². The first-order valence-electron chi connectivity index (χ1n) is 8.50. The third kappa shape index (κ3) is 3.26. The minimum atomic E-state index is -0.733. The highest BCUT2D eigenvalue weighted by atomic mass is 16.5. The molecule has 2 aromatic rings. The standard InChI is InChI=1S/C16H25N5O4/c1-8(2)24-6-5-10-9(3)25-15(12(10)22)21-7-20(4)11-13(21)18-16(17)19-14(11)23/h7-10,12,15,22H,5-6H2,1-4H3,(H2-,17,18,19,23)/p+1/t9-,10-,12-,15-/m1/s1. The summed E-state index contributed by atoms with van der Waals surface area (Å²) in [4.78, 5) is 18.8. The Hall–Kier alpha value is -1.97. The zero-order valence-corrected chi connectivity index (χ0v) is 15.0. The maximum absolute atomic E-state index is 12.1. The predicted molar refractivity (Wildman–Crippen MR) is 90.7 cm³/mol. The summed E-state index contributed by atoms with van der Waals surface area (Å²) in [6.07, 6.45) is 1.04. The molecule has 1 saturated heterocycles. The smallest absolute Gasteiger partial charge is 0.313 e. The first-order chi connectivity index (χ1) is 11.8. The van der Waals surface area contributed by atoms with Gasteiger partial charge in [-0.2, -0.15) is 0 Å². The summed E-state index contributed by atoms with van der Waals surface area (Å²) in [6, 6.07) is 0. The Morgan fingerprint density at radius 1 is 1.56 bits per heavy atom. The van der Waals surface area contributed by atoms with E-state index in [2.05, 4.69) is 9.97 Å². The molecule has 1 fully saturated rings. The van der Waals surface area contributed by atoms with Gasteiger partial charge < -0.3 is 20.3 Å². The average Bonchev–Trinajstić information content (AvgIpc) is 2.98. The number of nitrogens with two attached hydrogens (primary N) is 1. The van der Waals surface area contributed by atoms with Gasteiger partial charge >= 0.3 is 5.65 Å². The molecule has 4 N–H and O–H groups in total. The molecule has 138 valence electrons. The van der Waals surface area contributed by atoms with Crippen LogP contribution < -0.4 is 15.9 Å². The summed E-state index contributed by atoms with van der Waals surface area (Å²) < 4.78 is 14.9. The van der Waals surface area contributed by atoms with Crippen molar-refractivity contribution in [2.75, 3.05) is 12.3 Å². The maximum Gasteiger partial charge on any atom is 0.313 e. The Balaban J connectivity index is 1.90. The molecule has 0 amide bonds. The first-order valence-corrected chi connectivity index (χ1v) is 8.50. The number of aliphatic hydroxyl groups is 1. The number of imidazole rings is 1. The molecule has 1 aliphatic rings. The fourth-order valence-corrected chi connectivity index (χ4v) is 3.42. The monoisotopic (exact) mass is 352 g/mol. The molecule has 4 atom stereocenters. The quantitative estimate of drug-likeness (QED) is 0.644. The summed E-state index contributed by atoms with van der Waals surface area (Å²) in [7, 11) is 1.74. The lowest BCUT2D eigenvalue weighted by Crippen LogP contribution is -2.45. The maximum atomic E-state index is 12.1. The molecule has 0 spiro atoms. The van der Waals surface area contributed by atoms with Crippen molar-refractivity contribution in [3.8, 4) is 0 Å². The van der Waals surface area contributed by atoms with Crippen LogP contribution in [0.5, 0.6) is 0 Å². The second-order valence-electron chi connectivity index (χ2n) is 6.85. The number of aromatic nitrogens is 4. The van der Waals surface area contributed by atoms with E-state index in [1.165, 1.54) is 0 Å². The number of aliphatic hydroxyl groups excluding tert-OH is 1. The highest BCUT2D eigenvalue weighted by Gasteiger charge is 2.45. The van der Waals surface area contributed by atoms with Gasteiger partial charge in [-0.1, -0.05) is 4.98 Å². The van der Waals surface area contributed by atoms with E-state index in [1.807, 2.05) is 20.8 Å². The molecule has 2 aromatic heterocycles. The number of H-pyrrole nitrogens is 1. The van der Waals surface area contributed by atoms with Crippen molar-refractivity contribution in [2.24, 2.45) is 13.0 Å². The molecule has 9 nitrogen and oxygen atoms in total. The van der Waals surface area contributed by atoms with E-state index in [9.17, 15) is 9.90 Å². The lowest BCUT2D eigenvalue weighted by atomic mass is 9.95. The van der Waals surface area contributed by atoms with Crippen LogP contribution in [-0.4, -0.2) is 44.6 Å². The number of hydrogen-bond acceptors (Lipinski definition) is 6. The van der Waals surface area contributed by atoms with Crippen LogP contribution in [0.25, 0.3) is 11.2 Å². The van der Waals surface area contributed by atoms with Crippen LogP contribution in [0.2, 0.25) is 0 Å². The van der Waals surface area contributed by atoms with Crippen molar-refractivity contribution in [2.45, 2.75) is 51.7 Å². The lowest BCUT2D eigenvalue weighted by molar-refractivity contribution is -0.745. The Kier molecular flexibility index (Phi) is 4.81. The fourth-order valence-electron chi connectivity index (χ4n) is 3.42. The fraction of sp³-hybridized carbons (Fsp3) is 0.688. The van der Waals surface area contributed by atoms with Crippen LogP contribution in [-0.2, 0) is 16.5 Å². The summed E-state index contributed by atoms with van der Waals surface area (Å²) in [5.41, 5.74) is 6.12. The van der Waals surface area contributed by atoms with Crippen LogP contribution in [0.3, 0.4) is 0 Å². The van der Waals surface area contributed by atoms with Gasteiger partial charge in [0, 0.05) is 12.5 Å². The molecule has 0 saturated carbocycles. The third-order valence-electron chi connectivity index (χ3n) is 4.65. The Morgan fingerprint density at radius 3 is 2.96 bits per heavy atom. The molecule has 25 heavy (non-hydrogen) atoms. The number of anilines is 1. The van der Waals surface area contributed by atoms with Crippen LogP contribution in [0.4, 0.5) is 5.95 Å². The van der Waals surface area contributed by atoms with Gasteiger partial charge in [0.1, 0.15) is 6.10 Å². The summed E-state index contributed by atoms with van der Waals surface area (Å²) in [6.45, 7) is 6.45. The molecular formula is C16H26N5O4+. The molecule has 3 heterocycles. The number of nitrogens with one attached hydrogen (secondary N) is 1. The van der Waals surface area contributed by atoms with Crippen molar-refractivity contribution in [3.05, 3.63) is 16.7 Å². The SMILES string of the molecule is CC(C)OCC[C@H]1[C@@H](O)[C@H]([n+]2cn(C)c3c(=O)[nH]c(N)nc32)O[C@@H]1C. The van der Waals surface area contributed by atoms with Gasteiger partial charge in [-0.25, -0.2) is 4.57 Å². The molecule has 0 bridgehead atoms. The van der Waals surface area contributed by atoms with E-state index in [0.29, 0.717) is 24.2 Å². The number of aromatic amines is 1. The zero-order chi connectivity index (χ0) is 18.3. The largest absolute Gasteiger partial charge is 0.386 e. The number of aryl methyl sites for hydroxylation is 1. The van der Waals surface area contributed by atoms with Gasteiger partial charge in [-0.15, -0.1) is 0 Å². The van der Waals surface area contributed by atoms with Crippen molar-refractivity contribution in [1.29, 1.82) is 0 Å². The molecule has 0 unspecified atom stereocenters. The molecule has 0 aromatic carbocycles. The van der Waals surface area contributed by atoms with Gasteiger partial charge in [-0.3, -0.25) is 14.3 Å². The number of ether oxygens (including phenoxy) is 2. The van der Waals surface area contributed by atoms with Gasteiger partial charge in [0.05, 0.1) is 19.3 Å². The minimum Gasteiger partial charge on any atom is -0.386 e. The van der Waals surface area contributed by atoms with E-state index in [1.54, 1.807) is 22.5 Å². The van der Waals surface area contributed by atoms with Gasteiger partial charge in [0.25, 0.3) is 11.5 Å². The Morgan fingerprint density at radius 2 is 2.28 bits per heavy atom. The van der Waals surface area contributed by atoms with Crippen molar-refractivity contribution < 1.29 is 19.1 Å². The van der Waals surface area contributed by atoms with Crippen molar-refractivity contribution in [1.82, 2.24) is 14.5 Å². The number of nitrogens with zero attached hydrogens (tertiary/aromatic N) is 3. The lowest BCUT2D eigenvalue weighted by Gasteiger charge is -2.18. The van der Waals surface area contributed by atoms with Crippen molar-refractivity contribution in [3.63, 3.8) is 0 Å². The number of rotatable bonds is 5. The van der Waals surface area contributed by atoms with Gasteiger partial charge in [0.15, 0.2) is 6.33 Å². The van der Waals surface area contributed by atoms with Crippen LogP contribution in [0.15, 0.2) is 11.1 Å². The summed E-state index contributed by atoms with van der Waals surface area (Å²) in [5, 5.41) is 10.8. The topological polar surface area (TPSA) is 119 Å². The number of nitrogen functional groups attached to an aromatic ring is 1. The summed E-state index contributed by atoms with van der Waals surface area (Å²) in [5.74, 6) is -0.0364. The predicted octanol–water partition coefficient (Wildman–Crippen LogP) is -0.159. The molecule has 3 rings (SSSR count). The van der Waals surface area contributed by atoms with E-state index in [-0.39, 0.29) is 29.6 Å². The third-order valence-corrected chi connectivity index (χ3v) is 4.65. The number of hydrogen-bond donors (Lipinski definition) is 3. The second kappa shape index (κ2) is 6.74. The second-order valence-corrected chi connectivity index (χ2v) is 6.85. The van der Waals surface area contributed by atoms with Crippen molar-refractivity contribution >= 4 is 17.1 Å². The van der Waals surface area contributed by atoms with Crippen LogP contribution in [0.1, 0.15) is 33.4 Å². The normalized spacial score (nSPS) is 26.8. The summed E-state index contributed by atoms with van der Waals surface area (Å²) >= 11 is 0. The molecular weight excluding hydrogens is 326 g/mol. The van der Waals surface area contributed by atoms with Crippen LogP contribution in [0, 0.1) is 5.92 Å². The van der Waals surface area contributed by atoms with Gasteiger partial charge in [0.2, 0.25) is 11.7 Å². The number of fused-ring (bicyclic) bond motifs is 1. The Bertz CT molecular complexity index is 815. The van der Waals surface area contributed by atoms with E-state index < -0.39 is 12.3 Å². The average molecular weight is 352 g/mol. The minimum absolute atomic E-state index is 0.0277. The van der Waals surface area contributed by atoms with E-state index in [0.717, 1.165) is 0 Å². The zero-order valence-electron chi connectivity index (χ0n) is 15.0. The Labute approximate surface area is 145 Å². The first kappa shape index (κ1) is 17.8. The van der Waals surface area contributed by atoms with E-state index >= 15 is 0 Å². The molecule has 1 aliphatic heterocycles. The molecule has 0 aliphatic carbocycles. The highest BCUT2D eigenvalue weighted by Crippen LogP contribution is 2.33. The van der Waals surface area contributed by atoms with E-state index in [4.69, 9.17) is 15.2 Å².